The highest BCUT2D eigenvalue weighted by molar-refractivity contribution is 5.42. The molecule has 5 nitrogen and oxygen atoms in total. The van der Waals surface area contributed by atoms with Crippen molar-refractivity contribution < 1.29 is 14.5 Å². The van der Waals surface area contributed by atoms with Gasteiger partial charge in [0.2, 0.25) is 0 Å². The van der Waals surface area contributed by atoms with Gasteiger partial charge < -0.3 is 0 Å². The SMILES string of the molecule is Cc1ccc([N+](=O)[O-])c(CCC(C)C)c1.O=C=O. The van der Waals surface area contributed by atoms with Crippen LogP contribution in [0.25, 0.3) is 0 Å². The Morgan fingerprint density at radius 2 is 1.89 bits per heavy atom. The first-order chi connectivity index (χ1) is 8.42. The van der Waals surface area contributed by atoms with Crippen molar-refractivity contribution in [1.82, 2.24) is 0 Å². The molecule has 5 heteroatoms. The summed E-state index contributed by atoms with van der Waals surface area (Å²) in [5, 5.41) is 10.8. The molecule has 0 heterocycles. The fraction of sp³-hybridized carbons (Fsp3) is 0.462. The first kappa shape index (κ1) is 16.0. The van der Waals surface area contributed by atoms with Crippen LogP contribution >= 0.6 is 0 Å². The highest BCUT2D eigenvalue weighted by Crippen LogP contribution is 2.22. The second-order valence-electron chi connectivity index (χ2n) is 4.41. The van der Waals surface area contributed by atoms with Gasteiger partial charge in [-0.15, -0.1) is 0 Å². The van der Waals surface area contributed by atoms with Crippen molar-refractivity contribution in [3.05, 3.63) is 39.4 Å². The van der Waals surface area contributed by atoms with Gasteiger partial charge in [0.15, 0.2) is 0 Å². The van der Waals surface area contributed by atoms with Crippen LogP contribution in [0.15, 0.2) is 18.2 Å². The lowest BCUT2D eigenvalue weighted by Gasteiger charge is -2.06. The zero-order valence-corrected chi connectivity index (χ0v) is 10.8. The van der Waals surface area contributed by atoms with Gasteiger partial charge in [-0.3, -0.25) is 10.1 Å². The molecule has 98 valence electrons. The maximum Gasteiger partial charge on any atom is 0.373 e. The summed E-state index contributed by atoms with van der Waals surface area (Å²) in [6.07, 6.45) is 2.03. The fourth-order valence-electron chi connectivity index (χ4n) is 1.54. The number of aryl methyl sites for hydroxylation is 2. The molecule has 0 radical (unpaired) electrons. The minimum absolute atomic E-state index is 0.250. The largest absolute Gasteiger partial charge is 0.373 e. The summed E-state index contributed by atoms with van der Waals surface area (Å²) in [7, 11) is 0. The molecule has 0 aliphatic heterocycles. The molecule has 0 spiro atoms. The van der Waals surface area contributed by atoms with E-state index in [0.717, 1.165) is 24.0 Å². The normalized spacial score (nSPS) is 9.33. The number of benzene rings is 1. The lowest BCUT2D eigenvalue weighted by atomic mass is 10.00. The summed E-state index contributed by atoms with van der Waals surface area (Å²) in [5.41, 5.74) is 2.19. The van der Waals surface area contributed by atoms with E-state index in [9.17, 15) is 10.1 Å². The third-order valence-corrected chi connectivity index (χ3v) is 2.42. The molecule has 0 atom stereocenters. The Morgan fingerprint density at radius 1 is 1.33 bits per heavy atom. The summed E-state index contributed by atoms with van der Waals surface area (Å²) in [4.78, 5) is 26.7. The molecule has 1 aromatic rings. The second-order valence-corrected chi connectivity index (χ2v) is 4.41. The first-order valence-electron chi connectivity index (χ1n) is 5.65. The highest BCUT2D eigenvalue weighted by atomic mass is 16.6. The van der Waals surface area contributed by atoms with Crippen LogP contribution in [0.5, 0.6) is 0 Å². The molecule has 0 aliphatic rings. The van der Waals surface area contributed by atoms with E-state index in [1.807, 2.05) is 13.0 Å². The van der Waals surface area contributed by atoms with Crippen molar-refractivity contribution >= 4 is 11.8 Å². The molecule has 1 rings (SSSR count). The molecule has 0 saturated carbocycles. The molecule has 0 amide bonds. The number of carbonyl (C=O) groups excluding carboxylic acids is 2. The zero-order chi connectivity index (χ0) is 14.1. The van der Waals surface area contributed by atoms with Gasteiger partial charge in [0, 0.05) is 11.6 Å². The molecule has 18 heavy (non-hydrogen) atoms. The quantitative estimate of drug-likeness (QED) is 0.609. The van der Waals surface area contributed by atoms with Crippen molar-refractivity contribution in [2.24, 2.45) is 5.92 Å². The molecule has 0 saturated heterocycles. The summed E-state index contributed by atoms with van der Waals surface area (Å²) >= 11 is 0. The van der Waals surface area contributed by atoms with Crippen LogP contribution in [0, 0.1) is 23.0 Å². The Hall–Kier alpha value is -2.00. The molecule has 0 aliphatic carbocycles. The average Bonchev–Trinajstić information content (AvgIpc) is 2.27. The number of nitro groups is 1. The van der Waals surface area contributed by atoms with Crippen LogP contribution in [-0.2, 0) is 16.0 Å². The van der Waals surface area contributed by atoms with Crippen molar-refractivity contribution in [1.29, 1.82) is 0 Å². The Labute approximate surface area is 106 Å². The van der Waals surface area contributed by atoms with Crippen LogP contribution in [0.2, 0.25) is 0 Å². The van der Waals surface area contributed by atoms with Crippen molar-refractivity contribution in [2.75, 3.05) is 0 Å². The molecular weight excluding hydrogens is 234 g/mol. The van der Waals surface area contributed by atoms with Gasteiger partial charge in [-0.1, -0.05) is 25.5 Å². The molecule has 0 bridgehead atoms. The molecule has 1 aromatic carbocycles. The Morgan fingerprint density at radius 3 is 2.33 bits per heavy atom. The molecular formula is C13H17NO4. The second kappa shape index (κ2) is 8.14. The van der Waals surface area contributed by atoms with E-state index in [2.05, 4.69) is 13.8 Å². The number of nitro benzene ring substituents is 1. The van der Waals surface area contributed by atoms with E-state index < -0.39 is 0 Å². The van der Waals surface area contributed by atoms with Gasteiger partial charge in [0.05, 0.1) is 4.92 Å². The van der Waals surface area contributed by atoms with Crippen molar-refractivity contribution in [3.63, 3.8) is 0 Å². The number of rotatable bonds is 4. The smallest absolute Gasteiger partial charge is 0.258 e. The van der Waals surface area contributed by atoms with E-state index in [4.69, 9.17) is 9.59 Å². The summed E-state index contributed by atoms with van der Waals surface area (Å²) in [6, 6.07) is 5.31. The topological polar surface area (TPSA) is 77.3 Å². The van der Waals surface area contributed by atoms with E-state index in [1.54, 1.807) is 12.1 Å². The van der Waals surface area contributed by atoms with E-state index in [-0.39, 0.29) is 16.8 Å². The van der Waals surface area contributed by atoms with Crippen LogP contribution < -0.4 is 0 Å². The Kier molecular flexibility index (Phi) is 7.24. The molecule has 0 fully saturated rings. The zero-order valence-electron chi connectivity index (χ0n) is 10.8. The monoisotopic (exact) mass is 251 g/mol. The van der Waals surface area contributed by atoms with Crippen LogP contribution in [-0.4, -0.2) is 11.1 Å². The van der Waals surface area contributed by atoms with Gasteiger partial charge in [-0.05, 0) is 31.7 Å². The summed E-state index contributed by atoms with van der Waals surface area (Å²) in [5.74, 6) is 0.574. The highest BCUT2D eigenvalue weighted by Gasteiger charge is 2.13. The number of nitrogens with zero attached hydrogens (tertiary/aromatic N) is 1. The van der Waals surface area contributed by atoms with Crippen LogP contribution in [0.1, 0.15) is 31.4 Å². The number of hydrogen-bond donors (Lipinski definition) is 0. The maximum absolute atomic E-state index is 10.8. The third-order valence-electron chi connectivity index (χ3n) is 2.42. The first-order valence-corrected chi connectivity index (χ1v) is 5.65. The van der Waals surface area contributed by atoms with Gasteiger partial charge in [0.1, 0.15) is 0 Å². The number of hydrogen-bond acceptors (Lipinski definition) is 4. The molecule has 0 N–H and O–H groups in total. The summed E-state index contributed by atoms with van der Waals surface area (Å²) < 4.78 is 0. The molecule has 0 unspecified atom stereocenters. The van der Waals surface area contributed by atoms with Crippen LogP contribution in [0.4, 0.5) is 5.69 Å². The standard InChI is InChI=1S/C12H17NO2.CO2/c1-9(2)4-6-11-8-10(3)5-7-12(11)13(14)15;2-1-3/h5,7-9H,4,6H2,1-3H3;. The van der Waals surface area contributed by atoms with E-state index >= 15 is 0 Å². The van der Waals surface area contributed by atoms with Gasteiger partial charge in [-0.2, -0.15) is 9.59 Å². The van der Waals surface area contributed by atoms with Gasteiger partial charge in [-0.25, -0.2) is 0 Å². The van der Waals surface area contributed by atoms with E-state index in [0.29, 0.717) is 5.92 Å². The Bertz CT molecular complexity index is 435. The summed E-state index contributed by atoms with van der Waals surface area (Å²) in [6.45, 7) is 6.21. The predicted molar refractivity (Wildman–Crippen MR) is 66.0 cm³/mol. The minimum Gasteiger partial charge on any atom is -0.258 e. The van der Waals surface area contributed by atoms with Crippen molar-refractivity contribution in [2.45, 2.75) is 33.6 Å². The van der Waals surface area contributed by atoms with E-state index in [1.165, 1.54) is 0 Å². The fourth-order valence-corrected chi connectivity index (χ4v) is 1.54. The van der Waals surface area contributed by atoms with Gasteiger partial charge in [0.25, 0.3) is 5.69 Å². The maximum atomic E-state index is 10.8. The molecule has 0 aromatic heterocycles. The van der Waals surface area contributed by atoms with Gasteiger partial charge >= 0.3 is 6.15 Å². The minimum atomic E-state index is -0.297. The Balaban J connectivity index is 0.000000873. The lowest BCUT2D eigenvalue weighted by molar-refractivity contribution is -0.385. The predicted octanol–water partition coefficient (Wildman–Crippen LogP) is 2.91. The lowest BCUT2D eigenvalue weighted by Crippen LogP contribution is -1.98. The van der Waals surface area contributed by atoms with Crippen molar-refractivity contribution in [3.8, 4) is 0 Å². The van der Waals surface area contributed by atoms with Crippen LogP contribution in [0.3, 0.4) is 0 Å². The average molecular weight is 251 g/mol. The third kappa shape index (κ3) is 5.92.